The van der Waals surface area contributed by atoms with Gasteiger partial charge >= 0.3 is 0 Å². The highest BCUT2D eigenvalue weighted by Gasteiger charge is 2.10. The SMILES string of the molecule is CC[C@@H](C)c1ccc(OCC(=O)Nc2ccc(-c3nc4ncccc4o3)cc2)cc1. The number of carbonyl (C=O) groups is 1. The van der Waals surface area contributed by atoms with E-state index < -0.39 is 0 Å². The zero-order valence-electron chi connectivity index (χ0n) is 17.0. The van der Waals surface area contributed by atoms with Crippen LogP contribution in [0.5, 0.6) is 5.75 Å². The summed E-state index contributed by atoms with van der Waals surface area (Å²) in [7, 11) is 0. The second-order valence-electron chi connectivity index (χ2n) is 7.14. The fourth-order valence-corrected chi connectivity index (χ4v) is 3.06. The Kier molecular flexibility index (Phi) is 5.75. The van der Waals surface area contributed by atoms with Crippen molar-refractivity contribution >= 4 is 22.8 Å². The first kappa shape index (κ1) is 19.6. The molecular formula is C24H23N3O3. The van der Waals surface area contributed by atoms with Crippen molar-refractivity contribution in [3.05, 3.63) is 72.4 Å². The van der Waals surface area contributed by atoms with Crippen LogP contribution in [0, 0.1) is 0 Å². The van der Waals surface area contributed by atoms with Crippen molar-refractivity contribution in [2.24, 2.45) is 0 Å². The van der Waals surface area contributed by atoms with Gasteiger partial charge < -0.3 is 14.5 Å². The van der Waals surface area contributed by atoms with Gasteiger partial charge in [-0.2, -0.15) is 4.98 Å². The molecule has 0 saturated carbocycles. The number of amides is 1. The Morgan fingerprint density at radius 1 is 1.10 bits per heavy atom. The maximum Gasteiger partial charge on any atom is 0.262 e. The molecular weight excluding hydrogens is 378 g/mol. The van der Waals surface area contributed by atoms with Gasteiger partial charge in [-0.3, -0.25) is 4.79 Å². The van der Waals surface area contributed by atoms with Gasteiger partial charge in [0.25, 0.3) is 5.91 Å². The molecule has 1 amide bonds. The third-order valence-corrected chi connectivity index (χ3v) is 5.01. The standard InChI is InChI=1S/C24H23N3O3/c1-3-16(2)17-8-12-20(13-9-17)29-15-22(28)26-19-10-6-18(7-11-19)24-27-23-21(30-24)5-4-14-25-23/h4-14,16H,3,15H2,1-2H3,(H,26,28)/t16-/m1/s1. The molecule has 0 bridgehead atoms. The largest absolute Gasteiger partial charge is 0.484 e. The number of aromatic nitrogens is 2. The molecule has 0 fully saturated rings. The summed E-state index contributed by atoms with van der Waals surface area (Å²) >= 11 is 0. The van der Waals surface area contributed by atoms with Crippen molar-refractivity contribution < 1.29 is 13.9 Å². The number of pyridine rings is 1. The summed E-state index contributed by atoms with van der Waals surface area (Å²) in [5, 5.41) is 2.83. The topological polar surface area (TPSA) is 77.2 Å². The van der Waals surface area contributed by atoms with E-state index in [2.05, 4.69) is 29.1 Å². The summed E-state index contributed by atoms with van der Waals surface area (Å²) in [6, 6.07) is 18.8. The zero-order chi connectivity index (χ0) is 20.9. The van der Waals surface area contributed by atoms with Gasteiger partial charge in [-0.05, 0) is 66.4 Å². The summed E-state index contributed by atoms with van der Waals surface area (Å²) < 4.78 is 11.3. The number of ether oxygens (including phenoxy) is 1. The summed E-state index contributed by atoms with van der Waals surface area (Å²) in [4.78, 5) is 20.7. The van der Waals surface area contributed by atoms with Crippen molar-refractivity contribution in [3.63, 3.8) is 0 Å². The van der Waals surface area contributed by atoms with Crippen LogP contribution >= 0.6 is 0 Å². The van der Waals surface area contributed by atoms with Crippen LogP contribution in [0.2, 0.25) is 0 Å². The van der Waals surface area contributed by atoms with Gasteiger partial charge in [0.1, 0.15) is 5.75 Å². The van der Waals surface area contributed by atoms with Crippen molar-refractivity contribution in [1.29, 1.82) is 0 Å². The average molecular weight is 401 g/mol. The lowest BCUT2D eigenvalue weighted by Crippen LogP contribution is -2.20. The first-order chi connectivity index (χ1) is 14.6. The molecule has 0 unspecified atom stereocenters. The number of hydrogen-bond donors (Lipinski definition) is 1. The monoisotopic (exact) mass is 401 g/mol. The van der Waals surface area contributed by atoms with Gasteiger partial charge in [0, 0.05) is 17.4 Å². The van der Waals surface area contributed by atoms with Gasteiger partial charge in [0.05, 0.1) is 0 Å². The first-order valence-corrected chi connectivity index (χ1v) is 9.97. The Morgan fingerprint density at radius 3 is 2.57 bits per heavy atom. The molecule has 0 aliphatic rings. The Morgan fingerprint density at radius 2 is 1.87 bits per heavy atom. The summed E-state index contributed by atoms with van der Waals surface area (Å²) in [6.07, 6.45) is 2.76. The van der Waals surface area contributed by atoms with E-state index in [1.807, 2.05) is 42.5 Å². The Bertz CT molecular complexity index is 1100. The second kappa shape index (κ2) is 8.78. The van der Waals surface area contributed by atoms with Crippen LogP contribution in [-0.4, -0.2) is 22.5 Å². The molecule has 1 atom stereocenters. The smallest absolute Gasteiger partial charge is 0.262 e. The lowest BCUT2D eigenvalue weighted by atomic mass is 9.99. The highest BCUT2D eigenvalue weighted by molar-refractivity contribution is 5.92. The normalized spacial score (nSPS) is 11.9. The molecule has 0 spiro atoms. The van der Waals surface area contributed by atoms with E-state index in [4.69, 9.17) is 9.15 Å². The fourth-order valence-electron chi connectivity index (χ4n) is 3.06. The number of carbonyl (C=O) groups excluding carboxylic acids is 1. The number of nitrogens with zero attached hydrogens (tertiary/aromatic N) is 2. The predicted octanol–water partition coefficient (Wildman–Crippen LogP) is 5.42. The zero-order valence-corrected chi connectivity index (χ0v) is 17.0. The average Bonchev–Trinajstić information content (AvgIpc) is 3.22. The molecule has 6 nitrogen and oxygen atoms in total. The van der Waals surface area contributed by atoms with Crippen molar-refractivity contribution in [1.82, 2.24) is 9.97 Å². The number of oxazole rings is 1. The van der Waals surface area contributed by atoms with Crippen LogP contribution in [0.3, 0.4) is 0 Å². The third-order valence-electron chi connectivity index (χ3n) is 5.01. The molecule has 0 radical (unpaired) electrons. The van der Waals surface area contributed by atoms with Crippen LogP contribution in [0.1, 0.15) is 31.7 Å². The number of rotatable bonds is 7. The molecule has 0 aliphatic heterocycles. The molecule has 4 aromatic rings. The minimum atomic E-state index is -0.222. The Labute approximate surface area is 174 Å². The van der Waals surface area contributed by atoms with E-state index in [1.165, 1.54) is 5.56 Å². The molecule has 0 saturated heterocycles. The number of fused-ring (bicyclic) bond motifs is 1. The van der Waals surface area contributed by atoms with Gasteiger partial charge in [0.15, 0.2) is 17.8 Å². The lowest BCUT2D eigenvalue weighted by Gasteiger charge is -2.11. The fraction of sp³-hybridized carbons (Fsp3) is 0.208. The summed E-state index contributed by atoms with van der Waals surface area (Å²) in [5.41, 5.74) is 3.96. The number of anilines is 1. The van der Waals surface area contributed by atoms with E-state index in [-0.39, 0.29) is 12.5 Å². The lowest BCUT2D eigenvalue weighted by molar-refractivity contribution is -0.118. The maximum absolute atomic E-state index is 12.2. The van der Waals surface area contributed by atoms with E-state index in [0.29, 0.717) is 34.5 Å². The van der Waals surface area contributed by atoms with Crippen LogP contribution in [0.15, 0.2) is 71.3 Å². The van der Waals surface area contributed by atoms with Gasteiger partial charge in [-0.25, -0.2) is 4.98 Å². The third kappa shape index (κ3) is 4.49. The molecule has 1 N–H and O–H groups in total. The molecule has 4 rings (SSSR count). The minimum absolute atomic E-state index is 0.0543. The van der Waals surface area contributed by atoms with Gasteiger partial charge in [0.2, 0.25) is 5.89 Å². The van der Waals surface area contributed by atoms with Crippen molar-refractivity contribution in [2.75, 3.05) is 11.9 Å². The van der Waals surface area contributed by atoms with Crippen LogP contribution in [0.4, 0.5) is 5.69 Å². The van der Waals surface area contributed by atoms with Crippen molar-refractivity contribution in [2.45, 2.75) is 26.2 Å². The van der Waals surface area contributed by atoms with Crippen LogP contribution in [-0.2, 0) is 4.79 Å². The highest BCUT2D eigenvalue weighted by Crippen LogP contribution is 2.24. The Hall–Kier alpha value is -3.67. The summed E-state index contributed by atoms with van der Waals surface area (Å²) in [5.74, 6) is 1.46. The quantitative estimate of drug-likeness (QED) is 0.447. The van der Waals surface area contributed by atoms with E-state index in [9.17, 15) is 4.79 Å². The maximum atomic E-state index is 12.2. The molecule has 2 aromatic heterocycles. The van der Waals surface area contributed by atoms with Crippen molar-refractivity contribution in [3.8, 4) is 17.2 Å². The minimum Gasteiger partial charge on any atom is -0.484 e. The number of benzene rings is 2. The van der Waals surface area contributed by atoms with E-state index in [1.54, 1.807) is 24.4 Å². The van der Waals surface area contributed by atoms with Crippen LogP contribution < -0.4 is 10.1 Å². The van der Waals surface area contributed by atoms with E-state index >= 15 is 0 Å². The molecule has 2 heterocycles. The molecule has 30 heavy (non-hydrogen) atoms. The van der Waals surface area contributed by atoms with Gasteiger partial charge in [-0.1, -0.05) is 26.0 Å². The molecule has 6 heteroatoms. The summed E-state index contributed by atoms with van der Waals surface area (Å²) in [6.45, 7) is 4.30. The predicted molar refractivity (Wildman–Crippen MR) is 117 cm³/mol. The van der Waals surface area contributed by atoms with Gasteiger partial charge in [-0.15, -0.1) is 0 Å². The van der Waals surface area contributed by atoms with E-state index in [0.717, 1.165) is 12.0 Å². The van der Waals surface area contributed by atoms with Crippen LogP contribution in [0.25, 0.3) is 22.7 Å². The second-order valence-corrected chi connectivity index (χ2v) is 7.14. The Balaban J connectivity index is 1.33. The number of hydrogen-bond acceptors (Lipinski definition) is 5. The first-order valence-electron chi connectivity index (χ1n) is 9.97. The molecule has 0 aliphatic carbocycles. The molecule has 2 aromatic carbocycles. The highest BCUT2D eigenvalue weighted by atomic mass is 16.5. The number of nitrogens with one attached hydrogen (secondary N) is 1. The molecule has 152 valence electrons.